The molecule has 1 aromatic rings. The molecule has 84 valence electrons. The van der Waals surface area contributed by atoms with E-state index in [0.29, 0.717) is 0 Å². The Morgan fingerprint density at radius 1 is 1.25 bits per heavy atom. The molecule has 0 aromatic heterocycles. The van der Waals surface area contributed by atoms with Gasteiger partial charge in [0.2, 0.25) is 0 Å². The molecule has 0 heterocycles. The largest absolute Gasteiger partial charge is 1.00 e. The van der Waals surface area contributed by atoms with Gasteiger partial charge in [0.1, 0.15) is 0 Å². The minimum Gasteiger partial charge on any atom is -0.549 e. The molecule has 0 aliphatic carbocycles. The number of aryl methyl sites for hydroxylation is 1. The van der Waals surface area contributed by atoms with E-state index >= 15 is 0 Å². The summed E-state index contributed by atoms with van der Waals surface area (Å²) >= 11 is 0. The molecule has 0 aliphatic rings. The molecule has 0 saturated carbocycles. The SMILES string of the molecule is Cc1ccc(S(=O)(=O)CC(=O)[O-])cc1.O.[Na+]. The number of carbonyl (C=O) groups is 1. The maximum Gasteiger partial charge on any atom is 1.00 e. The molecule has 0 aliphatic heterocycles. The van der Waals surface area contributed by atoms with Gasteiger partial charge in [0.25, 0.3) is 0 Å². The van der Waals surface area contributed by atoms with Crippen LogP contribution in [0.1, 0.15) is 5.56 Å². The number of aliphatic carboxylic acids is 1. The van der Waals surface area contributed by atoms with E-state index in [4.69, 9.17) is 0 Å². The normalized spacial score (nSPS) is 9.81. The second-order valence-corrected chi connectivity index (χ2v) is 4.93. The number of hydrogen-bond donors (Lipinski definition) is 0. The van der Waals surface area contributed by atoms with Crippen LogP contribution in [0.2, 0.25) is 0 Å². The van der Waals surface area contributed by atoms with Gasteiger partial charge in [-0.05, 0) is 19.1 Å². The molecule has 0 amide bonds. The van der Waals surface area contributed by atoms with Crippen molar-refractivity contribution in [3.8, 4) is 0 Å². The Morgan fingerprint density at radius 2 is 1.69 bits per heavy atom. The molecule has 5 nitrogen and oxygen atoms in total. The maximum atomic E-state index is 11.3. The van der Waals surface area contributed by atoms with E-state index < -0.39 is 21.6 Å². The first-order chi connectivity index (χ1) is 6.42. The van der Waals surface area contributed by atoms with Gasteiger partial charge in [-0.15, -0.1) is 0 Å². The van der Waals surface area contributed by atoms with Crippen LogP contribution in [0.15, 0.2) is 29.2 Å². The summed E-state index contributed by atoms with van der Waals surface area (Å²) in [6, 6.07) is 5.99. The molecule has 0 unspecified atom stereocenters. The van der Waals surface area contributed by atoms with Gasteiger partial charge in [0, 0.05) is 0 Å². The Kier molecular flexibility index (Phi) is 7.90. The van der Waals surface area contributed by atoms with E-state index in [1.807, 2.05) is 6.92 Å². The second kappa shape index (κ2) is 7.03. The van der Waals surface area contributed by atoms with Gasteiger partial charge in [0.05, 0.1) is 16.6 Å². The topological polar surface area (TPSA) is 106 Å². The Labute approximate surface area is 116 Å². The minimum atomic E-state index is -3.74. The van der Waals surface area contributed by atoms with Crippen LogP contribution in [-0.4, -0.2) is 25.6 Å². The fourth-order valence-electron chi connectivity index (χ4n) is 0.984. The van der Waals surface area contributed by atoms with Crippen molar-refractivity contribution in [2.45, 2.75) is 11.8 Å². The summed E-state index contributed by atoms with van der Waals surface area (Å²) in [7, 11) is -3.74. The first-order valence-corrected chi connectivity index (χ1v) is 5.56. The number of carboxylic acids is 1. The van der Waals surface area contributed by atoms with Gasteiger partial charge in [-0.25, -0.2) is 8.42 Å². The van der Waals surface area contributed by atoms with Gasteiger partial charge in [-0.3, -0.25) is 0 Å². The van der Waals surface area contributed by atoms with Gasteiger partial charge in [-0.1, -0.05) is 17.7 Å². The Morgan fingerprint density at radius 3 is 2.06 bits per heavy atom. The molecular weight excluding hydrogens is 243 g/mol. The maximum absolute atomic E-state index is 11.3. The Bertz CT molecular complexity index is 437. The first kappa shape index (κ1) is 18.0. The van der Waals surface area contributed by atoms with Crippen LogP contribution in [0, 0.1) is 6.92 Å². The zero-order valence-corrected chi connectivity index (χ0v) is 11.9. The van der Waals surface area contributed by atoms with Crippen LogP contribution in [0.5, 0.6) is 0 Å². The van der Waals surface area contributed by atoms with Crippen molar-refractivity contribution in [1.29, 1.82) is 0 Å². The minimum absolute atomic E-state index is 0. The number of benzene rings is 1. The monoisotopic (exact) mass is 254 g/mol. The molecule has 0 atom stereocenters. The van der Waals surface area contributed by atoms with Crippen LogP contribution < -0.4 is 34.7 Å². The third-order valence-corrected chi connectivity index (χ3v) is 3.29. The standard InChI is InChI=1S/C9H10O4S.Na.H2O/c1-7-2-4-8(5-3-7)14(12,13)6-9(10)11;;/h2-5H,6H2,1H3,(H,10,11);;1H2/q;+1;/p-1. The van der Waals surface area contributed by atoms with Crippen LogP contribution in [0.4, 0.5) is 0 Å². The van der Waals surface area contributed by atoms with Gasteiger partial charge < -0.3 is 15.4 Å². The molecule has 16 heavy (non-hydrogen) atoms. The molecule has 0 saturated heterocycles. The summed E-state index contributed by atoms with van der Waals surface area (Å²) in [6.07, 6.45) is 0. The predicted molar refractivity (Wildman–Crippen MR) is 51.9 cm³/mol. The van der Waals surface area contributed by atoms with Crippen molar-refractivity contribution in [3.05, 3.63) is 29.8 Å². The summed E-state index contributed by atoms with van der Waals surface area (Å²) in [5, 5.41) is 10.2. The van der Waals surface area contributed by atoms with E-state index in [2.05, 4.69) is 0 Å². The predicted octanol–water partition coefficient (Wildman–Crippen LogP) is -4.30. The zero-order valence-electron chi connectivity index (χ0n) is 9.06. The van der Waals surface area contributed by atoms with E-state index in [0.717, 1.165) is 5.56 Å². The van der Waals surface area contributed by atoms with Crippen molar-refractivity contribution in [3.63, 3.8) is 0 Å². The summed E-state index contributed by atoms with van der Waals surface area (Å²) in [4.78, 5) is 10.2. The summed E-state index contributed by atoms with van der Waals surface area (Å²) in [5.41, 5.74) is 0.914. The summed E-state index contributed by atoms with van der Waals surface area (Å²) in [5.74, 6) is -2.57. The van der Waals surface area contributed by atoms with E-state index in [-0.39, 0.29) is 39.9 Å². The average molecular weight is 254 g/mol. The molecule has 2 N–H and O–H groups in total. The third-order valence-electron chi connectivity index (χ3n) is 1.69. The molecule has 1 rings (SSSR count). The van der Waals surface area contributed by atoms with Crippen molar-refractivity contribution in [1.82, 2.24) is 0 Å². The smallest absolute Gasteiger partial charge is 0.549 e. The number of sulfone groups is 1. The number of carboxylic acid groups (broad SMARTS) is 1. The molecule has 1 aromatic carbocycles. The van der Waals surface area contributed by atoms with Crippen LogP contribution in [0.3, 0.4) is 0 Å². The fraction of sp³-hybridized carbons (Fsp3) is 0.222. The van der Waals surface area contributed by atoms with Gasteiger partial charge >= 0.3 is 29.6 Å². The molecule has 0 fully saturated rings. The van der Waals surface area contributed by atoms with Gasteiger partial charge in [-0.2, -0.15) is 0 Å². The third kappa shape index (κ3) is 5.09. The molecule has 7 heteroatoms. The Balaban J connectivity index is 0. The van der Waals surface area contributed by atoms with Crippen molar-refractivity contribution >= 4 is 15.8 Å². The fourth-order valence-corrected chi connectivity index (χ4v) is 2.01. The average Bonchev–Trinajstić information content (AvgIpc) is 2.02. The number of carbonyl (C=O) groups excluding carboxylic acids is 1. The quantitative estimate of drug-likeness (QED) is 0.509. The van der Waals surface area contributed by atoms with Crippen molar-refractivity contribution in [2.75, 3.05) is 5.75 Å². The molecule has 0 bridgehead atoms. The van der Waals surface area contributed by atoms with Gasteiger partial charge in [0.15, 0.2) is 9.84 Å². The van der Waals surface area contributed by atoms with Crippen LogP contribution in [-0.2, 0) is 14.6 Å². The van der Waals surface area contributed by atoms with E-state index in [9.17, 15) is 18.3 Å². The number of rotatable bonds is 3. The zero-order chi connectivity index (χ0) is 10.8. The van der Waals surface area contributed by atoms with E-state index in [1.54, 1.807) is 12.1 Å². The van der Waals surface area contributed by atoms with E-state index in [1.165, 1.54) is 12.1 Å². The first-order valence-electron chi connectivity index (χ1n) is 3.91. The Hall–Kier alpha value is -0.400. The van der Waals surface area contributed by atoms with Crippen molar-refractivity contribution in [2.24, 2.45) is 0 Å². The molecule has 0 spiro atoms. The van der Waals surface area contributed by atoms with Crippen molar-refractivity contribution < 1.29 is 53.4 Å². The van der Waals surface area contributed by atoms with Crippen LogP contribution in [0.25, 0.3) is 0 Å². The summed E-state index contributed by atoms with van der Waals surface area (Å²) in [6.45, 7) is 1.81. The summed E-state index contributed by atoms with van der Waals surface area (Å²) < 4.78 is 22.7. The second-order valence-electron chi connectivity index (χ2n) is 2.94. The molecular formula is C9H11NaO5S. The number of hydrogen-bond acceptors (Lipinski definition) is 4. The molecule has 0 radical (unpaired) electrons. The van der Waals surface area contributed by atoms with Crippen LogP contribution >= 0.6 is 0 Å².